The first kappa shape index (κ1) is 25.3. The number of hydrogen-bond donors (Lipinski definition) is 0. The number of hydrogen-bond acceptors (Lipinski definition) is 6. The number of anilines is 1. The lowest BCUT2D eigenvalue weighted by atomic mass is 10.1. The van der Waals surface area contributed by atoms with Crippen LogP contribution in [0.5, 0.6) is 0 Å². The Balaban J connectivity index is 1.51. The fraction of sp³-hybridized carbons (Fsp3) is 0.462. The highest BCUT2D eigenvalue weighted by atomic mass is 32.1. The number of thiophene rings is 1. The number of aryl methyl sites for hydroxylation is 1. The van der Waals surface area contributed by atoms with Crippen LogP contribution in [0.3, 0.4) is 0 Å². The maximum Gasteiger partial charge on any atom is 0.414 e. The number of ether oxygens (including phenoxy) is 2. The third-order valence-corrected chi connectivity index (χ3v) is 7.17. The molecule has 4 rings (SSSR count). The number of halogens is 1. The Bertz CT molecular complexity index is 1240. The van der Waals surface area contributed by atoms with E-state index in [1.165, 1.54) is 35.4 Å². The SMILES string of the molecule is Cc1cc2cc(C(=O)c3ccc(N(C)C(=O)OC(C)(C)C)cc3F)sc2n1CCN1CCOCC1. The van der Waals surface area contributed by atoms with Gasteiger partial charge in [0.05, 0.1) is 23.7 Å². The van der Waals surface area contributed by atoms with Gasteiger partial charge in [0.2, 0.25) is 5.78 Å². The zero-order valence-electron chi connectivity index (χ0n) is 20.9. The molecular formula is C26H32FN3O4S. The second-order valence-corrected chi connectivity index (χ2v) is 10.8. The van der Waals surface area contributed by atoms with Crippen LogP contribution >= 0.6 is 11.3 Å². The Morgan fingerprint density at radius 3 is 2.51 bits per heavy atom. The molecule has 35 heavy (non-hydrogen) atoms. The van der Waals surface area contributed by atoms with Gasteiger partial charge >= 0.3 is 6.09 Å². The van der Waals surface area contributed by atoms with Gasteiger partial charge in [0.25, 0.3) is 0 Å². The normalized spacial score (nSPS) is 14.9. The summed E-state index contributed by atoms with van der Waals surface area (Å²) in [6.07, 6.45) is -0.593. The summed E-state index contributed by atoms with van der Waals surface area (Å²) in [5.74, 6) is -1.04. The summed E-state index contributed by atoms with van der Waals surface area (Å²) >= 11 is 1.38. The van der Waals surface area contributed by atoms with Crippen LogP contribution in [-0.2, 0) is 16.0 Å². The number of aromatic nitrogens is 1. The minimum absolute atomic E-state index is 0.0215. The van der Waals surface area contributed by atoms with E-state index in [1.54, 1.807) is 26.8 Å². The minimum Gasteiger partial charge on any atom is -0.443 e. The van der Waals surface area contributed by atoms with E-state index in [0.29, 0.717) is 10.6 Å². The Kier molecular flexibility index (Phi) is 7.30. The zero-order chi connectivity index (χ0) is 25.3. The van der Waals surface area contributed by atoms with E-state index in [-0.39, 0.29) is 11.3 Å². The molecule has 1 fully saturated rings. The molecule has 2 aromatic heterocycles. The average Bonchev–Trinajstić information content (AvgIpc) is 3.33. The van der Waals surface area contributed by atoms with Gasteiger partial charge in [-0.1, -0.05) is 0 Å². The van der Waals surface area contributed by atoms with Crippen molar-refractivity contribution in [3.05, 3.63) is 52.3 Å². The van der Waals surface area contributed by atoms with Crippen molar-refractivity contribution in [2.24, 2.45) is 0 Å². The molecule has 1 saturated heterocycles. The number of nitrogens with zero attached hydrogens (tertiary/aromatic N) is 3. The number of rotatable bonds is 6. The summed E-state index contributed by atoms with van der Waals surface area (Å²) in [5, 5.41) is 0.986. The molecule has 188 valence electrons. The van der Waals surface area contributed by atoms with Gasteiger partial charge in [0.15, 0.2) is 0 Å². The monoisotopic (exact) mass is 501 g/mol. The van der Waals surface area contributed by atoms with Crippen LogP contribution in [0.2, 0.25) is 0 Å². The fourth-order valence-corrected chi connectivity index (χ4v) is 5.27. The number of carbonyl (C=O) groups excluding carboxylic acids is 2. The largest absolute Gasteiger partial charge is 0.443 e. The molecule has 0 atom stereocenters. The molecule has 0 N–H and O–H groups in total. The fourth-order valence-electron chi connectivity index (χ4n) is 4.09. The lowest BCUT2D eigenvalue weighted by molar-refractivity contribution is 0.0365. The van der Waals surface area contributed by atoms with Crippen molar-refractivity contribution in [1.82, 2.24) is 9.47 Å². The first-order valence-electron chi connectivity index (χ1n) is 11.7. The summed E-state index contributed by atoms with van der Waals surface area (Å²) in [4.78, 5) is 30.6. The van der Waals surface area contributed by atoms with Gasteiger partial charge in [0.1, 0.15) is 16.2 Å². The molecule has 0 saturated carbocycles. The lowest BCUT2D eigenvalue weighted by Crippen LogP contribution is -2.38. The molecule has 7 nitrogen and oxygen atoms in total. The highest BCUT2D eigenvalue weighted by Gasteiger charge is 2.23. The van der Waals surface area contributed by atoms with Crippen LogP contribution < -0.4 is 4.90 Å². The van der Waals surface area contributed by atoms with Crippen LogP contribution in [0.15, 0.2) is 30.3 Å². The molecule has 0 bridgehead atoms. The number of amides is 1. The van der Waals surface area contributed by atoms with E-state index >= 15 is 0 Å². The standard InChI is InChI=1S/C26H32FN3O4S/c1-17-14-18-15-22(35-24(18)30(17)9-8-29-10-12-33-13-11-29)23(31)20-7-6-19(16-21(20)27)28(5)25(32)34-26(2,3)4/h6-7,14-16H,8-13H2,1-5H3. The van der Waals surface area contributed by atoms with Crippen LogP contribution in [0.4, 0.5) is 14.9 Å². The molecule has 0 radical (unpaired) electrons. The average molecular weight is 502 g/mol. The lowest BCUT2D eigenvalue weighted by Gasteiger charge is -2.26. The van der Waals surface area contributed by atoms with Crippen molar-refractivity contribution in [3.63, 3.8) is 0 Å². The number of ketones is 1. The molecule has 1 aliphatic heterocycles. The van der Waals surface area contributed by atoms with Crippen LogP contribution in [0.1, 0.15) is 41.7 Å². The summed E-state index contributed by atoms with van der Waals surface area (Å²) in [6, 6.07) is 8.07. The summed E-state index contributed by atoms with van der Waals surface area (Å²) in [6.45, 7) is 12.5. The number of benzene rings is 1. The molecule has 1 aliphatic rings. The minimum atomic E-state index is -0.674. The van der Waals surface area contributed by atoms with Gasteiger partial charge in [0, 0.05) is 50.0 Å². The summed E-state index contributed by atoms with van der Waals surface area (Å²) in [5.41, 5.74) is 0.767. The second-order valence-electron chi connectivity index (χ2n) is 9.80. The topological polar surface area (TPSA) is 64.0 Å². The van der Waals surface area contributed by atoms with Gasteiger partial charge in [-0.2, -0.15) is 0 Å². The second kappa shape index (κ2) is 10.1. The zero-order valence-corrected chi connectivity index (χ0v) is 21.7. The van der Waals surface area contributed by atoms with E-state index in [2.05, 4.69) is 22.5 Å². The number of morpholine rings is 1. The molecule has 1 amide bonds. The predicted octanol–water partition coefficient (Wildman–Crippen LogP) is 5.08. The first-order valence-corrected chi connectivity index (χ1v) is 12.6. The van der Waals surface area contributed by atoms with E-state index in [0.717, 1.165) is 55.3 Å². The van der Waals surface area contributed by atoms with E-state index < -0.39 is 17.5 Å². The van der Waals surface area contributed by atoms with E-state index in [1.807, 2.05) is 6.07 Å². The Labute approximate surface area is 209 Å². The molecule has 3 aromatic rings. The number of carbonyl (C=O) groups is 2. The molecule has 9 heteroatoms. The van der Waals surface area contributed by atoms with Crippen molar-refractivity contribution in [2.45, 2.75) is 39.8 Å². The van der Waals surface area contributed by atoms with Crippen LogP contribution in [0.25, 0.3) is 10.2 Å². The van der Waals surface area contributed by atoms with Crippen molar-refractivity contribution in [1.29, 1.82) is 0 Å². The highest BCUT2D eigenvalue weighted by Crippen LogP contribution is 2.31. The Morgan fingerprint density at radius 2 is 1.86 bits per heavy atom. The molecule has 0 unspecified atom stereocenters. The summed E-state index contributed by atoms with van der Waals surface area (Å²) < 4.78 is 28.0. The van der Waals surface area contributed by atoms with Gasteiger partial charge in [-0.25, -0.2) is 9.18 Å². The van der Waals surface area contributed by atoms with Gasteiger partial charge in [-0.15, -0.1) is 11.3 Å². The van der Waals surface area contributed by atoms with E-state index in [4.69, 9.17) is 9.47 Å². The van der Waals surface area contributed by atoms with Gasteiger partial charge < -0.3 is 14.0 Å². The van der Waals surface area contributed by atoms with Crippen molar-refractivity contribution in [3.8, 4) is 0 Å². The van der Waals surface area contributed by atoms with E-state index in [9.17, 15) is 14.0 Å². The molecule has 0 aliphatic carbocycles. The molecular weight excluding hydrogens is 469 g/mol. The quantitative estimate of drug-likeness (QED) is 0.441. The summed E-state index contributed by atoms with van der Waals surface area (Å²) in [7, 11) is 1.51. The van der Waals surface area contributed by atoms with Crippen molar-refractivity contribution in [2.75, 3.05) is 44.8 Å². The smallest absolute Gasteiger partial charge is 0.414 e. The maximum atomic E-state index is 15.0. The maximum absolute atomic E-state index is 15.0. The molecule has 0 spiro atoms. The van der Waals surface area contributed by atoms with Crippen molar-refractivity contribution < 1.29 is 23.5 Å². The van der Waals surface area contributed by atoms with Gasteiger partial charge in [-0.05, 0) is 58.0 Å². The van der Waals surface area contributed by atoms with Crippen molar-refractivity contribution >= 4 is 39.1 Å². The highest BCUT2D eigenvalue weighted by molar-refractivity contribution is 7.20. The number of fused-ring (bicyclic) bond motifs is 1. The van der Waals surface area contributed by atoms with Crippen LogP contribution in [-0.4, -0.2) is 66.8 Å². The Morgan fingerprint density at radius 1 is 1.14 bits per heavy atom. The van der Waals surface area contributed by atoms with Crippen LogP contribution in [0, 0.1) is 12.7 Å². The molecule has 1 aromatic carbocycles. The predicted molar refractivity (Wildman–Crippen MR) is 136 cm³/mol. The third-order valence-electron chi connectivity index (χ3n) is 5.99. The van der Waals surface area contributed by atoms with Gasteiger partial charge in [-0.3, -0.25) is 14.6 Å². The molecule has 3 heterocycles. The third kappa shape index (κ3) is 5.74. The first-order chi connectivity index (χ1) is 16.5. The Hall–Kier alpha value is -2.75.